The molecule has 180 valence electrons. The predicted molar refractivity (Wildman–Crippen MR) is 130 cm³/mol. The van der Waals surface area contributed by atoms with E-state index in [-0.39, 0.29) is 29.7 Å². The Bertz CT molecular complexity index is 893. The van der Waals surface area contributed by atoms with Crippen molar-refractivity contribution < 1.29 is 18.7 Å². The maximum absolute atomic E-state index is 12.6. The summed E-state index contributed by atoms with van der Waals surface area (Å²) in [6, 6.07) is 7.13. The number of likely N-dealkylation sites (tertiary alicyclic amines) is 1. The first kappa shape index (κ1) is 26.3. The zero-order chi connectivity index (χ0) is 24.2. The summed E-state index contributed by atoms with van der Waals surface area (Å²) in [7, 11) is 1.57. The molecule has 0 radical (unpaired) electrons. The van der Waals surface area contributed by atoms with Crippen molar-refractivity contribution in [3.63, 3.8) is 0 Å². The third-order valence-electron chi connectivity index (χ3n) is 5.63. The van der Waals surface area contributed by atoms with Crippen LogP contribution >= 0.6 is 0 Å². The molecule has 2 amide bonds. The van der Waals surface area contributed by atoms with Gasteiger partial charge in [0.15, 0.2) is 0 Å². The Balaban J connectivity index is 0.000000357. The SMILES string of the molecule is CC1=CC=CCC=C1F.COc1cccc(C(=O)NC[C@@H]2CCCN2C(=O)CCC(C)N)c1. The average Bonchev–Trinajstić information content (AvgIpc) is 3.21. The fourth-order valence-electron chi connectivity index (χ4n) is 3.65. The summed E-state index contributed by atoms with van der Waals surface area (Å²) in [5.74, 6) is 0.533. The molecule has 3 rings (SSSR count). The van der Waals surface area contributed by atoms with E-state index in [1.165, 1.54) is 0 Å². The second-order valence-electron chi connectivity index (χ2n) is 8.41. The van der Waals surface area contributed by atoms with E-state index < -0.39 is 0 Å². The van der Waals surface area contributed by atoms with Crippen LogP contribution in [0.4, 0.5) is 4.39 Å². The van der Waals surface area contributed by atoms with E-state index in [9.17, 15) is 14.0 Å². The first-order valence-corrected chi connectivity index (χ1v) is 11.5. The van der Waals surface area contributed by atoms with Crippen LogP contribution in [0.15, 0.2) is 60.0 Å². The highest BCUT2D eigenvalue weighted by atomic mass is 19.1. The second-order valence-corrected chi connectivity index (χ2v) is 8.41. The molecule has 0 spiro atoms. The van der Waals surface area contributed by atoms with Crippen molar-refractivity contribution in [3.05, 3.63) is 65.5 Å². The highest BCUT2D eigenvalue weighted by molar-refractivity contribution is 5.94. The molecular formula is C26H36FN3O3. The minimum Gasteiger partial charge on any atom is -0.497 e. The van der Waals surface area contributed by atoms with Crippen molar-refractivity contribution in [3.8, 4) is 5.75 Å². The standard InChI is InChI=1S/C18H27N3O3.C8H9F/c1-13(19)8-9-17(22)21-10-4-6-15(21)12-20-18(23)14-5-3-7-16(11-14)24-2;1-7-5-3-2-4-6-8(7)9/h3,5,7,11,13,15H,4,6,8-10,12,19H2,1-2H3,(H,20,23);2-3,5-6H,4H2,1H3/t13?,15-;/m0./s1. The number of nitrogens with zero attached hydrogens (tertiary/aromatic N) is 1. The van der Waals surface area contributed by atoms with E-state index in [0.717, 1.165) is 19.4 Å². The zero-order valence-corrected chi connectivity index (χ0v) is 19.9. The third kappa shape index (κ3) is 8.85. The summed E-state index contributed by atoms with van der Waals surface area (Å²) in [5.41, 5.74) is 6.99. The smallest absolute Gasteiger partial charge is 0.251 e. The van der Waals surface area contributed by atoms with Crippen LogP contribution in [0, 0.1) is 0 Å². The minimum atomic E-state index is -0.149. The van der Waals surface area contributed by atoms with E-state index in [0.29, 0.717) is 42.7 Å². The monoisotopic (exact) mass is 457 g/mol. The van der Waals surface area contributed by atoms with Gasteiger partial charge in [0.05, 0.1) is 7.11 Å². The molecule has 1 fully saturated rings. The molecule has 3 N–H and O–H groups in total. The largest absolute Gasteiger partial charge is 0.497 e. The number of halogens is 1. The van der Waals surface area contributed by atoms with Crippen LogP contribution in [0.1, 0.15) is 56.3 Å². The quantitative estimate of drug-likeness (QED) is 0.640. The molecule has 6 nitrogen and oxygen atoms in total. The van der Waals surface area contributed by atoms with Gasteiger partial charge in [-0.15, -0.1) is 0 Å². The van der Waals surface area contributed by atoms with Crippen LogP contribution in [0.25, 0.3) is 0 Å². The molecule has 7 heteroatoms. The fourth-order valence-corrected chi connectivity index (χ4v) is 3.65. The number of hydrogen-bond acceptors (Lipinski definition) is 4. The Morgan fingerprint density at radius 1 is 1.36 bits per heavy atom. The van der Waals surface area contributed by atoms with Gasteiger partial charge in [-0.3, -0.25) is 9.59 Å². The van der Waals surface area contributed by atoms with Gasteiger partial charge in [-0.1, -0.05) is 24.3 Å². The number of allylic oxidation sites excluding steroid dienone is 6. The minimum absolute atomic E-state index is 0.0303. The summed E-state index contributed by atoms with van der Waals surface area (Å²) >= 11 is 0. The van der Waals surface area contributed by atoms with E-state index in [4.69, 9.17) is 10.5 Å². The molecule has 2 aliphatic rings. The molecule has 0 bridgehead atoms. The van der Waals surface area contributed by atoms with Gasteiger partial charge in [-0.05, 0) is 69.4 Å². The van der Waals surface area contributed by atoms with Crippen molar-refractivity contribution in [1.29, 1.82) is 0 Å². The Morgan fingerprint density at radius 3 is 2.88 bits per heavy atom. The van der Waals surface area contributed by atoms with Crippen molar-refractivity contribution in [2.24, 2.45) is 5.73 Å². The lowest BCUT2D eigenvalue weighted by Gasteiger charge is -2.25. The molecule has 0 saturated carbocycles. The second kappa shape index (κ2) is 13.6. The van der Waals surface area contributed by atoms with Crippen LogP contribution in [0.5, 0.6) is 5.75 Å². The number of methoxy groups -OCH3 is 1. The van der Waals surface area contributed by atoms with Crippen molar-refractivity contribution >= 4 is 11.8 Å². The van der Waals surface area contributed by atoms with Crippen molar-refractivity contribution in [1.82, 2.24) is 10.2 Å². The number of rotatable bonds is 7. The van der Waals surface area contributed by atoms with Crippen LogP contribution < -0.4 is 15.8 Å². The zero-order valence-electron chi connectivity index (χ0n) is 19.9. The number of hydrogen-bond donors (Lipinski definition) is 2. The molecule has 33 heavy (non-hydrogen) atoms. The highest BCUT2D eigenvalue weighted by Crippen LogP contribution is 2.19. The summed E-state index contributed by atoms with van der Waals surface area (Å²) in [5, 5.41) is 2.93. The number of benzene rings is 1. The van der Waals surface area contributed by atoms with Crippen LogP contribution in [0.3, 0.4) is 0 Å². The number of amides is 2. The molecule has 1 saturated heterocycles. The number of carbonyl (C=O) groups is 2. The number of carbonyl (C=O) groups excluding carboxylic acids is 2. The van der Waals surface area contributed by atoms with Gasteiger partial charge >= 0.3 is 0 Å². The molecule has 1 aliphatic heterocycles. The van der Waals surface area contributed by atoms with Gasteiger partial charge in [0.1, 0.15) is 11.6 Å². The fraction of sp³-hybridized carbons (Fsp3) is 0.462. The predicted octanol–water partition coefficient (Wildman–Crippen LogP) is 4.29. The van der Waals surface area contributed by atoms with Crippen LogP contribution in [-0.2, 0) is 4.79 Å². The lowest BCUT2D eigenvalue weighted by Crippen LogP contribution is -2.43. The number of nitrogens with two attached hydrogens (primary N) is 1. The number of ether oxygens (including phenoxy) is 1. The third-order valence-corrected chi connectivity index (χ3v) is 5.63. The Hall–Kier alpha value is -2.93. The van der Waals surface area contributed by atoms with Gasteiger partial charge in [-0.25, -0.2) is 4.39 Å². The van der Waals surface area contributed by atoms with Gasteiger partial charge in [0, 0.05) is 37.2 Å². The van der Waals surface area contributed by atoms with E-state index in [2.05, 4.69) is 5.32 Å². The lowest BCUT2D eigenvalue weighted by molar-refractivity contribution is -0.132. The first-order valence-electron chi connectivity index (χ1n) is 11.5. The van der Waals surface area contributed by atoms with Crippen molar-refractivity contribution in [2.45, 2.75) is 58.0 Å². The molecule has 1 aliphatic carbocycles. The maximum atomic E-state index is 12.6. The topological polar surface area (TPSA) is 84.7 Å². The summed E-state index contributed by atoms with van der Waals surface area (Å²) in [6.07, 6.45) is 10.9. The Kier molecular flexibility index (Phi) is 10.8. The molecule has 1 aromatic carbocycles. The Morgan fingerprint density at radius 2 is 2.15 bits per heavy atom. The molecule has 1 heterocycles. The first-order chi connectivity index (χ1) is 15.8. The highest BCUT2D eigenvalue weighted by Gasteiger charge is 2.28. The molecule has 1 unspecified atom stereocenters. The van der Waals surface area contributed by atoms with Crippen LogP contribution in [-0.4, -0.2) is 49.0 Å². The van der Waals surface area contributed by atoms with Gasteiger partial charge in [0.2, 0.25) is 5.91 Å². The van der Waals surface area contributed by atoms with E-state index in [1.807, 2.05) is 24.0 Å². The summed E-state index contributed by atoms with van der Waals surface area (Å²) in [4.78, 5) is 26.5. The molecule has 2 atom stereocenters. The van der Waals surface area contributed by atoms with Gasteiger partial charge in [-0.2, -0.15) is 0 Å². The molecule has 1 aromatic rings. The number of nitrogens with one attached hydrogen (secondary N) is 1. The molecular weight excluding hydrogens is 421 g/mol. The van der Waals surface area contributed by atoms with Gasteiger partial charge < -0.3 is 20.7 Å². The normalized spacial score (nSPS) is 18.3. The van der Waals surface area contributed by atoms with Crippen molar-refractivity contribution in [2.75, 3.05) is 20.2 Å². The summed E-state index contributed by atoms with van der Waals surface area (Å²) in [6.45, 7) is 4.90. The Labute approximate surface area is 196 Å². The maximum Gasteiger partial charge on any atom is 0.251 e. The summed E-state index contributed by atoms with van der Waals surface area (Å²) < 4.78 is 17.7. The van der Waals surface area contributed by atoms with Crippen LogP contribution in [0.2, 0.25) is 0 Å². The average molecular weight is 458 g/mol. The van der Waals surface area contributed by atoms with E-state index in [1.54, 1.807) is 50.5 Å². The van der Waals surface area contributed by atoms with Gasteiger partial charge in [0.25, 0.3) is 5.91 Å². The molecule has 0 aromatic heterocycles. The lowest BCUT2D eigenvalue weighted by atomic mass is 10.1. The van der Waals surface area contributed by atoms with E-state index >= 15 is 0 Å².